The van der Waals surface area contributed by atoms with E-state index in [1.807, 2.05) is 6.92 Å². The van der Waals surface area contributed by atoms with Crippen LogP contribution in [-0.4, -0.2) is 45.2 Å². The third-order valence-electron chi connectivity index (χ3n) is 4.52. The number of imide groups is 1. The van der Waals surface area contributed by atoms with Crippen molar-refractivity contribution in [3.05, 3.63) is 42.5 Å². The SMILES string of the molecule is CCOc1ccc(N2C(=O)NCC(C(=O)Nc3cc(OC)cc(OC)c3)C2=O)cc1. The van der Waals surface area contributed by atoms with E-state index in [1.54, 1.807) is 42.5 Å². The molecule has 2 aromatic carbocycles. The Morgan fingerprint density at radius 2 is 1.70 bits per heavy atom. The molecule has 2 aromatic rings. The molecule has 9 heteroatoms. The van der Waals surface area contributed by atoms with Crippen LogP contribution < -0.4 is 29.7 Å². The van der Waals surface area contributed by atoms with E-state index in [-0.39, 0.29) is 6.54 Å². The molecule has 1 atom stereocenters. The number of anilines is 2. The van der Waals surface area contributed by atoms with Crippen molar-refractivity contribution in [2.75, 3.05) is 37.6 Å². The lowest BCUT2D eigenvalue weighted by Crippen LogP contribution is -2.58. The Balaban J connectivity index is 1.78. The van der Waals surface area contributed by atoms with E-state index in [9.17, 15) is 14.4 Å². The molecule has 2 N–H and O–H groups in total. The Kier molecular flexibility index (Phi) is 6.41. The van der Waals surface area contributed by atoms with Gasteiger partial charge in [-0.05, 0) is 31.2 Å². The molecule has 4 amide bonds. The Bertz CT molecular complexity index is 922. The first-order chi connectivity index (χ1) is 14.5. The van der Waals surface area contributed by atoms with Crippen molar-refractivity contribution in [1.82, 2.24) is 5.32 Å². The molecular weight excluding hydrogens is 390 g/mol. The van der Waals surface area contributed by atoms with Gasteiger partial charge in [0.1, 0.15) is 23.2 Å². The van der Waals surface area contributed by atoms with E-state index in [1.165, 1.54) is 14.2 Å². The zero-order chi connectivity index (χ0) is 21.7. The maximum Gasteiger partial charge on any atom is 0.328 e. The fourth-order valence-corrected chi connectivity index (χ4v) is 3.03. The number of ether oxygens (including phenoxy) is 3. The standard InChI is InChI=1S/C21H23N3O6/c1-4-30-15-7-5-14(6-8-15)24-20(26)18(12-22-21(24)27)19(25)23-13-9-16(28-2)11-17(10-13)29-3/h5-11,18H,4,12H2,1-3H3,(H,22,27)(H,23,25). The zero-order valence-electron chi connectivity index (χ0n) is 16.9. The molecule has 0 bridgehead atoms. The topological polar surface area (TPSA) is 106 Å². The summed E-state index contributed by atoms with van der Waals surface area (Å²) in [4.78, 5) is 39.0. The minimum atomic E-state index is -1.09. The number of benzene rings is 2. The number of methoxy groups -OCH3 is 2. The van der Waals surface area contributed by atoms with Gasteiger partial charge in [0.05, 0.1) is 26.5 Å². The molecule has 30 heavy (non-hydrogen) atoms. The van der Waals surface area contributed by atoms with Gasteiger partial charge in [0.2, 0.25) is 11.8 Å². The second kappa shape index (κ2) is 9.17. The molecule has 0 saturated carbocycles. The van der Waals surface area contributed by atoms with E-state index in [4.69, 9.17) is 14.2 Å². The van der Waals surface area contributed by atoms with Crippen LogP contribution in [0.2, 0.25) is 0 Å². The summed E-state index contributed by atoms with van der Waals surface area (Å²) in [5.41, 5.74) is 0.759. The first-order valence-corrected chi connectivity index (χ1v) is 9.35. The van der Waals surface area contributed by atoms with Crippen LogP contribution in [0.5, 0.6) is 17.2 Å². The highest BCUT2D eigenvalue weighted by atomic mass is 16.5. The summed E-state index contributed by atoms with van der Waals surface area (Å²) in [5, 5.41) is 5.27. The molecule has 0 spiro atoms. The largest absolute Gasteiger partial charge is 0.497 e. The number of rotatable bonds is 7. The number of nitrogens with zero attached hydrogens (tertiary/aromatic N) is 1. The highest BCUT2D eigenvalue weighted by molar-refractivity contribution is 6.23. The van der Waals surface area contributed by atoms with Crippen LogP contribution in [0.25, 0.3) is 0 Å². The molecular formula is C21H23N3O6. The predicted octanol–water partition coefficient (Wildman–Crippen LogP) is 2.41. The zero-order valence-corrected chi connectivity index (χ0v) is 16.9. The number of carbonyl (C=O) groups is 3. The molecule has 158 valence electrons. The summed E-state index contributed by atoms with van der Waals surface area (Å²) in [6.45, 7) is 2.26. The van der Waals surface area contributed by atoms with Gasteiger partial charge < -0.3 is 24.8 Å². The molecule has 1 heterocycles. The van der Waals surface area contributed by atoms with Crippen molar-refractivity contribution < 1.29 is 28.6 Å². The number of hydrogen-bond acceptors (Lipinski definition) is 6. The quantitative estimate of drug-likeness (QED) is 0.676. The van der Waals surface area contributed by atoms with Crippen LogP contribution in [-0.2, 0) is 9.59 Å². The molecule has 0 aromatic heterocycles. The number of carbonyl (C=O) groups excluding carboxylic acids is 3. The summed E-state index contributed by atoms with van der Waals surface area (Å²) < 4.78 is 15.8. The van der Waals surface area contributed by atoms with Crippen molar-refractivity contribution in [3.8, 4) is 17.2 Å². The van der Waals surface area contributed by atoms with E-state index >= 15 is 0 Å². The second-order valence-electron chi connectivity index (χ2n) is 6.43. The Morgan fingerprint density at radius 1 is 1.07 bits per heavy atom. The molecule has 1 aliphatic heterocycles. The first-order valence-electron chi connectivity index (χ1n) is 9.35. The molecule has 9 nitrogen and oxygen atoms in total. The normalized spacial score (nSPS) is 16.0. The molecule has 1 aliphatic rings. The first kappa shape index (κ1) is 21.0. The van der Waals surface area contributed by atoms with E-state index in [2.05, 4.69) is 10.6 Å². The molecule has 1 unspecified atom stereocenters. The third kappa shape index (κ3) is 4.45. The predicted molar refractivity (Wildman–Crippen MR) is 110 cm³/mol. The van der Waals surface area contributed by atoms with Gasteiger partial charge in [-0.15, -0.1) is 0 Å². The summed E-state index contributed by atoms with van der Waals surface area (Å²) in [5.74, 6) is -0.659. The molecule has 1 fully saturated rings. The molecule has 1 saturated heterocycles. The summed E-state index contributed by atoms with van der Waals surface area (Å²) in [7, 11) is 2.99. The Labute approximate surface area is 173 Å². The van der Waals surface area contributed by atoms with Gasteiger partial charge in [0.15, 0.2) is 0 Å². The summed E-state index contributed by atoms with van der Waals surface area (Å²) in [6, 6.07) is 10.8. The minimum Gasteiger partial charge on any atom is -0.497 e. The van der Waals surface area contributed by atoms with Gasteiger partial charge in [-0.3, -0.25) is 9.59 Å². The Hall–Kier alpha value is -3.75. The highest BCUT2D eigenvalue weighted by Gasteiger charge is 2.39. The van der Waals surface area contributed by atoms with Crippen LogP contribution in [0.15, 0.2) is 42.5 Å². The smallest absolute Gasteiger partial charge is 0.328 e. The fraction of sp³-hybridized carbons (Fsp3) is 0.286. The van der Waals surface area contributed by atoms with E-state index in [0.717, 1.165) is 4.90 Å². The number of nitrogens with one attached hydrogen (secondary N) is 2. The minimum absolute atomic E-state index is 0.0991. The van der Waals surface area contributed by atoms with Crippen molar-refractivity contribution in [2.24, 2.45) is 5.92 Å². The van der Waals surface area contributed by atoms with E-state index < -0.39 is 23.8 Å². The van der Waals surface area contributed by atoms with E-state index in [0.29, 0.717) is 35.2 Å². The summed E-state index contributed by atoms with van der Waals surface area (Å²) in [6.07, 6.45) is 0. The van der Waals surface area contributed by atoms with Crippen LogP contribution in [0.1, 0.15) is 6.92 Å². The maximum absolute atomic E-state index is 12.9. The van der Waals surface area contributed by atoms with Crippen molar-refractivity contribution in [3.63, 3.8) is 0 Å². The van der Waals surface area contributed by atoms with Gasteiger partial charge >= 0.3 is 6.03 Å². The maximum atomic E-state index is 12.9. The van der Waals surface area contributed by atoms with Gasteiger partial charge in [0.25, 0.3) is 0 Å². The number of amides is 4. The summed E-state index contributed by atoms with van der Waals surface area (Å²) >= 11 is 0. The van der Waals surface area contributed by atoms with Crippen LogP contribution in [0.4, 0.5) is 16.2 Å². The van der Waals surface area contributed by atoms with Crippen molar-refractivity contribution >= 4 is 29.2 Å². The van der Waals surface area contributed by atoms with Gasteiger partial charge in [-0.2, -0.15) is 0 Å². The van der Waals surface area contributed by atoms with Gasteiger partial charge in [-0.1, -0.05) is 0 Å². The monoisotopic (exact) mass is 413 g/mol. The fourth-order valence-electron chi connectivity index (χ4n) is 3.03. The van der Waals surface area contributed by atoms with Crippen molar-refractivity contribution in [1.29, 1.82) is 0 Å². The molecule has 0 aliphatic carbocycles. The Morgan fingerprint density at radius 3 is 2.27 bits per heavy atom. The molecule has 0 radical (unpaired) electrons. The lowest BCUT2D eigenvalue weighted by molar-refractivity contribution is -0.130. The van der Waals surface area contributed by atoms with Crippen LogP contribution in [0, 0.1) is 5.92 Å². The highest BCUT2D eigenvalue weighted by Crippen LogP contribution is 2.27. The lowest BCUT2D eigenvalue weighted by atomic mass is 10.0. The second-order valence-corrected chi connectivity index (χ2v) is 6.43. The number of urea groups is 1. The van der Waals surface area contributed by atoms with Crippen LogP contribution in [0.3, 0.4) is 0 Å². The van der Waals surface area contributed by atoms with Crippen LogP contribution >= 0.6 is 0 Å². The number of hydrogen-bond donors (Lipinski definition) is 2. The van der Waals surface area contributed by atoms with Gasteiger partial charge in [0, 0.05) is 30.4 Å². The molecule has 3 rings (SSSR count). The average molecular weight is 413 g/mol. The van der Waals surface area contributed by atoms with Gasteiger partial charge in [-0.25, -0.2) is 9.69 Å². The lowest BCUT2D eigenvalue weighted by Gasteiger charge is -2.30. The average Bonchev–Trinajstić information content (AvgIpc) is 2.74. The van der Waals surface area contributed by atoms with Crippen molar-refractivity contribution in [2.45, 2.75) is 6.92 Å². The third-order valence-corrected chi connectivity index (χ3v) is 4.52.